The SMILES string of the molecule is Fc1c(F)c(F)c([B-](c2c(F)c(F)c(F)c(F)c2F)(c2c(F)c(F)c(F)c(F)c2F)c2c(F)c(F)c(F)c(F)c2F)c(F)c1F.NC(=O)c1ccc2c[n+](CC(=O)c3ccccc3)ccc2c1. The summed E-state index contributed by atoms with van der Waals surface area (Å²) >= 11 is 0. The van der Waals surface area contributed by atoms with Gasteiger partial charge in [-0.2, -0.15) is 4.57 Å². The maximum atomic E-state index is 15.4. The van der Waals surface area contributed by atoms with Crippen LogP contribution in [-0.2, 0) is 6.54 Å². The van der Waals surface area contributed by atoms with Crippen molar-refractivity contribution in [3.05, 3.63) is 194 Å². The van der Waals surface area contributed by atoms with Crippen LogP contribution in [0.5, 0.6) is 0 Å². The zero-order valence-corrected chi connectivity index (χ0v) is 32.0. The van der Waals surface area contributed by atoms with Crippen LogP contribution in [0.4, 0.5) is 87.8 Å². The summed E-state index contributed by atoms with van der Waals surface area (Å²) in [6, 6.07) is 16.4. The van der Waals surface area contributed by atoms with Gasteiger partial charge in [0.15, 0.2) is 82.2 Å². The summed E-state index contributed by atoms with van der Waals surface area (Å²) in [6.07, 6.45) is -3.50. The predicted molar refractivity (Wildman–Crippen MR) is 193 cm³/mol. The second kappa shape index (κ2) is 18.1. The van der Waals surface area contributed by atoms with Gasteiger partial charge in [-0.05, 0) is 23.6 Å². The third kappa shape index (κ3) is 7.83. The Bertz CT molecular complexity index is 2840. The van der Waals surface area contributed by atoms with Crippen molar-refractivity contribution >= 4 is 50.5 Å². The van der Waals surface area contributed by atoms with Crippen LogP contribution in [0.1, 0.15) is 20.7 Å². The van der Waals surface area contributed by atoms with Crippen molar-refractivity contribution in [2.24, 2.45) is 5.73 Å². The first-order valence-corrected chi connectivity index (χ1v) is 17.9. The van der Waals surface area contributed by atoms with Gasteiger partial charge in [0.25, 0.3) is 0 Å². The summed E-state index contributed by atoms with van der Waals surface area (Å²) in [5.74, 6) is -71.8. The molecule has 0 fully saturated rings. The normalized spacial score (nSPS) is 11.5. The number of fused-ring (bicyclic) bond motifs is 1. The molecule has 0 spiro atoms. The summed E-state index contributed by atoms with van der Waals surface area (Å²) in [4.78, 5) is 23.4. The number of carbonyl (C=O) groups is 2. The number of ketones is 1. The molecular weight excluding hydrogens is 955 g/mol. The molecule has 7 rings (SSSR count). The molecule has 6 aromatic carbocycles. The molecule has 0 radical (unpaired) electrons. The third-order valence-electron chi connectivity index (χ3n) is 10.3. The van der Waals surface area contributed by atoms with Gasteiger partial charge in [-0.1, -0.05) is 30.3 Å². The number of rotatable bonds is 8. The first-order valence-electron chi connectivity index (χ1n) is 17.9. The van der Waals surface area contributed by atoms with Crippen molar-refractivity contribution < 1.29 is 102 Å². The van der Waals surface area contributed by atoms with Gasteiger partial charge >= 0.3 is 0 Å². The third-order valence-corrected chi connectivity index (χ3v) is 10.3. The molecule has 0 aliphatic carbocycles. The van der Waals surface area contributed by atoms with Gasteiger partial charge in [0.2, 0.25) is 18.2 Å². The van der Waals surface area contributed by atoms with E-state index in [1.807, 2.05) is 59.4 Å². The standard InChI is InChI=1S/C24BF20.C18H14N2O2/c26-5-1(6(27)14(35)21(42)13(5)34)25(2-7(28)15(36)22(43)16(37)8(2)29,3-9(30)17(38)23(44)18(39)10(3)31)4-11(32)19(40)24(45)20(41)12(4)33;19-18(22)15-6-7-16-11-20(9-8-14(16)10-15)12-17(21)13-4-2-1-3-5-13/h;1-11H,12H2,(H-,19,22)/q-1;/p+1. The summed E-state index contributed by atoms with van der Waals surface area (Å²) in [7, 11) is 0. The lowest BCUT2D eigenvalue weighted by molar-refractivity contribution is -0.681. The summed E-state index contributed by atoms with van der Waals surface area (Å²) < 4.78 is 296. The van der Waals surface area contributed by atoms with Crippen LogP contribution in [0.15, 0.2) is 67.0 Å². The molecule has 4 nitrogen and oxygen atoms in total. The number of primary amides is 1. The van der Waals surface area contributed by atoms with Crippen LogP contribution in [0, 0.1) is 116 Å². The van der Waals surface area contributed by atoms with E-state index in [0.717, 1.165) is 10.8 Å². The monoisotopic (exact) mass is 970 g/mol. The first-order chi connectivity index (χ1) is 31.3. The molecule has 0 saturated heterocycles. The number of nitrogens with zero attached hydrogens (tertiary/aromatic N) is 1. The van der Waals surface area contributed by atoms with E-state index in [2.05, 4.69) is 0 Å². The zero-order valence-electron chi connectivity index (χ0n) is 32.0. The molecule has 0 bridgehead atoms. The van der Waals surface area contributed by atoms with E-state index < -0.39 is 150 Å². The topological polar surface area (TPSA) is 64.0 Å². The Labute approximate surface area is 359 Å². The zero-order chi connectivity index (χ0) is 49.9. The molecule has 67 heavy (non-hydrogen) atoms. The molecule has 7 aromatic rings. The highest BCUT2D eigenvalue weighted by Gasteiger charge is 2.52. The molecule has 0 aliphatic heterocycles. The Morgan fingerprint density at radius 3 is 1.01 bits per heavy atom. The number of Topliss-reactive ketones (excluding diaryl/α,β-unsaturated/α-hetero) is 1. The average molecular weight is 970 g/mol. The fourth-order valence-electron chi connectivity index (χ4n) is 7.24. The molecule has 2 N–H and O–H groups in total. The second-order valence-electron chi connectivity index (χ2n) is 13.9. The molecular formula is C42H15BF20N2O2. The van der Waals surface area contributed by atoms with Crippen molar-refractivity contribution in [1.82, 2.24) is 0 Å². The van der Waals surface area contributed by atoms with Gasteiger partial charge in [0.05, 0.1) is 0 Å². The second-order valence-corrected chi connectivity index (χ2v) is 13.9. The molecule has 0 aliphatic rings. The van der Waals surface area contributed by atoms with Crippen molar-refractivity contribution in [3.63, 3.8) is 0 Å². The predicted octanol–water partition coefficient (Wildman–Crippen LogP) is 7.96. The van der Waals surface area contributed by atoms with E-state index in [-0.39, 0.29) is 12.3 Å². The number of carbonyl (C=O) groups excluding carboxylic acids is 2. The Balaban J connectivity index is 0.000000279. The van der Waals surface area contributed by atoms with E-state index >= 15 is 35.1 Å². The highest BCUT2D eigenvalue weighted by atomic mass is 19.2. The minimum atomic E-state index is -7.22. The Kier molecular flexibility index (Phi) is 13.2. The molecule has 0 saturated carbocycles. The molecule has 348 valence electrons. The van der Waals surface area contributed by atoms with E-state index in [0.29, 0.717) is 11.1 Å². The van der Waals surface area contributed by atoms with Gasteiger partial charge in [-0.3, -0.25) is 9.59 Å². The fraction of sp³-hybridized carbons (Fsp3) is 0.0238. The molecule has 1 aromatic heterocycles. The lowest BCUT2D eigenvalue weighted by Crippen LogP contribution is -2.81. The number of pyridine rings is 1. The number of halogens is 20. The van der Waals surface area contributed by atoms with Crippen LogP contribution >= 0.6 is 0 Å². The van der Waals surface area contributed by atoms with E-state index in [4.69, 9.17) is 5.73 Å². The lowest BCUT2D eigenvalue weighted by Gasteiger charge is -2.44. The molecule has 1 heterocycles. The number of hydrogen-bond donors (Lipinski definition) is 1. The number of aromatic nitrogens is 1. The number of benzene rings is 6. The first kappa shape index (κ1) is 49.0. The van der Waals surface area contributed by atoms with Gasteiger partial charge in [0, 0.05) is 22.6 Å². The minimum Gasteiger partial charge on any atom is -0.366 e. The Morgan fingerprint density at radius 2 is 0.701 bits per heavy atom. The van der Waals surface area contributed by atoms with Gasteiger partial charge in [-0.15, -0.1) is 21.9 Å². The smallest absolute Gasteiger partial charge is 0.248 e. The van der Waals surface area contributed by atoms with Crippen molar-refractivity contribution in [2.75, 3.05) is 0 Å². The van der Waals surface area contributed by atoms with Crippen LogP contribution in [0.2, 0.25) is 0 Å². The molecule has 0 unspecified atom stereocenters. The van der Waals surface area contributed by atoms with Gasteiger partial charge in [-0.25, -0.2) is 87.8 Å². The largest absolute Gasteiger partial charge is 0.366 e. The van der Waals surface area contributed by atoms with Crippen molar-refractivity contribution in [2.45, 2.75) is 6.54 Å². The average Bonchev–Trinajstić information content (AvgIpc) is 3.31. The van der Waals surface area contributed by atoms with Crippen LogP contribution in [-0.4, -0.2) is 17.8 Å². The van der Waals surface area contributed by atoms with Crippen LogP contribution in [0.3, 0.4) is 0 Å². The van der Waals surface area contributed by atoms with Gasteiger partial charge in [0.1, 0.15) is 52.7 Å². The van der Waals surface area contributed by atoms with Gasteiger partial charge < -0.3 is 5.73 Å². The maximum absolute atomic E-state index is 15.4. The quantitative estimate of drug-likeness (QED) is 0.0420. The van der Waals surface area contributed by atoms with Crippen LogP contribution in [0.25, 0.3) is 10.8 Å². The molecule has 1 amide bonds. The van der Waals surface area contributed by atoms with Crippen molar-refractivity contribution in [1.29, 1.82) is 0 Å². The Hall–Kier alpha value is -7.47. The molecule has 0 atom stereocenters. The van der Waals surface area contributed by atoms with Crippen LogP contribution < -0.4 is 32.2 Å². The Morgan fingerprint density at radius 1 is 0.388 bits per heavy atom. The summed E-state index contributed by atoms with van der Waals surface area (Å²) in [6.45, 7) is 0.275. The highest BCUT2D eigenvalue weighted by molar-refractivity contribution is 7.20. The lowest BCUT2D eigenvalue weighted by atomic mass is 9.12. The number of hydrogen-bond acceptors (Lipinski definition) is 2. The fourth-order valence-corrected chi connectivity index (χ4v) is 7.24. The summed E-state index contributed by atoms with van der Waals surface area (Å²) in [5, 5.41) is 1.87. The van der Waals surface area contributed by atoms with Crippen molar-refractivity contribution in [3.8, 4) is 0 Å². The maximum Gasteiger partial charge on any atom is 0.248 e. The van der Waals surface area contributed by atoms with E-state index in [1.165, 1.54) is 0 Å². The molecule has 25 heteroatoms. The number of nitrogens with two attached hydrogens (primary N) is 1. The van der Waals surface area contributed by atoms with E-state index in [1.54, 1.807) is 12.1 Å². The van der Waals surface area contributed by atoms with E-state index in [9.17, 15) is 62.3 Å². The summed E-state index contributed by atoms with van der Waals surface area (Å²) in [5.41, 5.74) is -7.88. The highest BCUT2D eigenvalue weighted by Crippen LogP contribution is 2.31. The minimum absolute atomic E-state index is 0.0544. The number of amides is 1.